The van der Waals surface area contributed by atoms with Gasteiger partial charge in [-0.15, -0.1) is 0 Å². The number of amides is 3. The Kier molecular flexibility index (Phi) is 5.24. The largest absolute Gasteiger partial charge is 0.336 e. The number of rotatable bonds is 3. The molecule has 2 aromatic rings. The van der Waals surface area contributed by atoms with Crippen molar-refractivity contribution < 1.29 is 9.59 Å². The number of aromatic nitrogens is 1. The number of nitrogens with zero attached hydrogens (tertiary/aromatic N) is 2. The van der Waals surface area contributed by atoms with Gasteiger partial charge in [0.15, 0.2) is 5.13 Å². The molecule has 1 aromatic carbocycles. The molecule has 0 saturated heterocycles. The van der Waals surface area contributed by atoms with Crippen molar-refractivity contribution >= 4 is 40.0 Å². The van der Waals surface area contributed by atoms with Crippen LogP contribution >= 0.6 is 22.9 Å². The summed E-state index contributed by atoms with van der Waals surface area (Å²) in [4.78, 5) is 31.7. The Bertz CT molecular complexity index is 806. The molecule has 6 nitrogen and oxygen atoms in total. The number of fused-ring (bicyclic) bond motifs is 1. The topological polar surface area (TPSA) is 74.3 Å². The van der Waals surface area contributed by atoms with Crippen molar-refractivity contribution in [2.45, 2.75) is 32.9 Å². The molecule has 1 aliphatic heterocycles. The van der Waals surface area contributed by atoms with Crippen molar-refractivity contribution in [1.82, 2.24) is 15.2 Å². The van der Waals surface area contributed by atoms with Crippen LogP contribution in [0.4, 0.5) is 9.93 Å². The number of halogens is 1. The van der Waals surface area contributed by atoms with Gasteiger partial charge < -0.3 is 10.2 Å². The lowest BCUT2D eigenvalue weighted by Crippen LogP contribution is -2.35. The van der Waals surface area contributed by atoms with Crippen molar-refractivity contribution in [2.75, 3.05) is 11.9 Å². The number of urea groups is 1. The molecule has 0 atom stereocenters. The summed E-state index contributed by atoms with van der Waals surface area (Å²) in [6, 6.07) is 6.83. The number of benzene rings is 1. The molecule has 3 amide bonds. The lowest BCUT2D eigenvalue weighted by Gasteiger charge is -2.26. The highest BCUT2D eigenvalue weighted by Crippen LogP contribution is 2.29. The van der Waals surface area contributed by atoms with Crippen LogP contribution in [-0.2, 0) is 13.0 Å². The number of hydrogen-bond acceptors (Lipinski definition) is 4. The summed E-state index contributed by atoms with van der Waals surface area (Å²) in [5.41, 5.74) is 1.44. The first-order chi connectivity index (χ1) is 11.9. The van der Waals surface area contributed by atoms with Crippen LogP contribution in [0.25, 0.3) is 0 Å². The van der Waals surface area contributed by atoms with E-state index in [-0.39, 0.29) is 18.0 Å². The van der Waals surface area contributed by atoms with Crippen LogP contribution in [0.2, 0.25) is 5.02 Å². The highest BCUT2D eigenvalue weighted by atomic mass is 35.5. The summed E-state index contributed by atoms with van der Waals surface area (Å²) in [5.74, 6) is -0.0864. The number of hydrogen-bond donors (Lipinski definition) is 2. The predicted molar refractivity (Wildman–Crippen MR) is 99.3 cm³/mol. The minimum absolute atomic E-state index is 0.0540. The third kappa shape index (κ3) is 4.11. The first kappa shape index (κ1) is 17.7. The molecule has 0 unspecified atom stereocenters. The number of carbonyl (C=O) groups is 2. The SMILES string of the molecule is CC(C)NC(=O)Nc1nc2c(s1)CN(C(=O)c1ccccc1Cl)CC2. The number of carbonyl (C=O) groups excluding carboxylic acids is 2. The third-order valence-corrected chi connectivity index (χ3v) is 5.09. The quantitative estimate of drug-likeness (QED) is 0.858. The number of nitrogens with one attached hydrogen (secondary N) is 2. The van der Waals surface area contributed by atoms with Crippen molar-refractivity contribution in [3.05, 3.63) is 45.4 Å². The molecule has 2 heterocycles. The first-order valence-corrected chi connectivity index (χ1v) is 9.23. The Labute approximate surface area is 155 Å². The van der Waals surface area contributed by atoms with Gasteiger partial charge in [-0.05, 0) is 26.0 Å². The molecule has 132 valence electrons. The zero-order valence-electron chi connectivity index (χ0n) is 14.0. The summed E-state index contributed by atoms with van der Waals surface area (Å²) in [6.07, 6.45) is 0.662. The Morgan fingerprint density at radius 2 is 2.08 bits per heavy atom. The van der Waals surface area contributed by atoms with Gasteiger partial charge in [0.1, 0.15) is 0 Å². The molecule has 0 saturated carbocycles. The van der Waals surface area contributed by atoms with E-state index < -0.39 is 0 Å². The van der Waals surface area contributed by atoms with Crippen LogP contribution in [-0.4, -0.2) is 34.4 Å². The molecule has 25 heavy (non-hydrogen) atoms. The van der Waals surface area contributed by atoms with E-state index in [1.165, 1.54) is 11.3 Å². The standard InChI is InChI=1S/C17H19ClN4O2S/c1-10(2)19-16(24)21-17-20-13-7-8-22(9-14(13)25-17)15(23)11-5-3-4-6-12(11)18/h3-6,10H,7-9H2,1-2H3,(H2,19,20,21,24). The Balaban J connectivity index is 1.70. The molecule has 2 N–H and O–H groups in total. The number of anilines is 1. The zero-order valence-corrected chi connectivity index (χ0v) is 15.6. The average molecular weight is 379 g/mol. The summed E-state index contributed by atoms with van der Waals surface area (Å²) in [5, 5.41) is 6.52. The third-order valence-electron chi connectivity index (χ3n) is 3.76. The van der Waals surface area contributed by atoms with Gasteiger partial charge in [0.2, 0.25) is 0 Å². The fourth-order valence-electron chi connectivity index (χ4n) is 2.62. The molecule has 0 fully saturated rings. The van der Waals surface area contributed by atoms with Crippen LogP contribution in [0.15, 0.2) is 24.3 Å². The van der Waals surface area contributed by atoms with Gasteiger partial charge >= 0.3 is 6.03 Å². The van der Waals surface area contributed by atoms with Crippen LogP contribution in [0, 0.1) is 0 Å². The van der Waals surface area contributed by atoms with E-state index in [0.717, 1.165) is 10.6 Å². The van der Waals surface area contributed by atoms with Crippen molar-refractivity contribution in [3.63, 3.8) is 0 Å². The van der Waals surface area contributed by atoms with Gasteiger partial charge in [-0.2, -0.15) is 0 Å². The van der Waals surface area contributed by atoms with Crippen LogP contribution in [0.1, 0.15) is 34.8 Å². The van der Waals surface area contributed by atoms with Crippen molar-refractivity contribution in [1.29, 1.82) is 0 Å². The van der Waals surface area contributed by atoms with E-state index in [1.54, 1.807) is 29.2 Å². The van der Waals surface area contributed by atoms with Gasteiger partial charge in [-0.3, -0.25) is 10.1 Å². The van der Waals surface area contributed by atoms with Crippen LogP contribution < -0.4 is 10.6 Å². The molecule has 8 heteroatoms. The Morgan fingerprint density at radius 3 is 2.80 bits per heavy atom. The molecule has 0 aliphatic carbocycles. The van der Waals surface area contributed by atoms with Crippen molar-refractivity contribution in [3.8, 4) is 0 Å². The molecule has 1 aliphatic rings. The van der Waals surface area contributed by atoms with E-state index in [0.29, 0.717) is 35.2 Å². The van der Waals surface area contributed by atoms with E-state index in [1.807, 2.05) is 13.8 Å². The molecule has 0 bridgehead atoms. The fourth-order valence-corrected chi connectivity index (χ4v) is 3.86. The molecule has 3 rings (SSSR count). The van der Waals surface area contributed by atoms with E-state index in [4.69, 9.17) is 11.6 Å². The Morgan fingerprint density at radius 1 is 1.32 bits per heavy atom. The van der Waals surface area contributed by atoms with Crippen LogP contribution in [0.3, 0.4) is 0 Å². The van der Waals surface area contributed by atoms with Crippen LogP contribution in [0.5, 0.6) is 0 Å². The van der Waals surface area contributed by atoms with Gasteiger partial charge in [0.25, 0.3) is 5.91 Å². The monoisotopic (exact) mass is 378 g/mol. The fraction of sp³-hybridized carbons (Fsp3) is 0.353. The summed E-state index contributed by atoms with van der Waals surface area (Å²) < 4.78 is 0. The maximum atomic E-state index is 12.7. The summed E-state index contributed by atoms with van der Waals surface area (Å²) >= 11 is 7.53. The Hall–Kier alpha value is -2.12. The second kappa shape index (κ2) is 7.41. The highest BCUT2D eigenvalue weighted by molar-refractivity contribution is 7.15. The van der Waals surface area contributed by atoms with Gasteiger partial charge in [0.05, 0.1) is 22.8 Å². The minimum atomic E-state index is -0.273. The zero-order chi connectivity index (χ0) is 18.0. The predicted octanol–water partition coefficient (Wildman–Crippen LogP) is 3.52. The van der Waals surface area contributed by atoms with Gasteiger partial charge in [0, 0.05) is 23.9 Å². The molecule has 0 radical (unpaired) electrons. The highest BCUT2D eigenvalue weighted by Gasteiger charge is 2.26. The summed E-state index contributed by atoms with van der Waals surface area (Å²) in [6.45, 7) is 4.85. The molecule has 0 spiro atoms. The summed E-state index contributed by atoms with van der Waals surface area (Å²) in [7, 11) is 0. The van der Waals surface area contributed by atoms with Gasteiger partial charge in [-0.1, -0.05) is 35.1 Å². The lowest BCUT2D eigenvalue weighted by atomic mass is 10.1. The minimum Gasteiger partial charge on any atom is -0.336 e. The normalized spacial score (nSPS) is 13.5. The maximum Gasteiger partial charge on any atom is 0.321 e. The molecular formula is C17H19ClN4O2S. The van der Waals surface area contributed by atoms with E-state index >= 15 is 0 Å². The lowest BCUT2D eigenvalue weighted by molar-refractivity contribution is 0.0736. The maximum absolute atomic E-state index is 12.7. The van der Waals surface area contributed by atoms with E-state index in [2.05, 4.69) is 15.6 Å². The molecule has 1 aromatic heterocycles. The second-order valence-corrected chi connectivity index (χ2v) is 7.59. The van der Waals surface area contributed by atoms with E-state index in [9.17, 15) is 9.59 Å². The molecular weight excluding hydrogens is 360 g/mol. The first-order valence-electron chi connectivity index (χ1n) is 8.04. The smallest absolute Gasteiger partial charge is 0.321 e. The second-order valence-electron chi connectivity index (χ2n) is 6.10. The van der Waals surface area contributed by atoms with Gasteiger partial charge in [-0.25, -0.2) is 9.78 Å². The van der Waals surface area contributed by atoms with Crippen molar-refractivity contribution in [2.24, 2.45) is 0 Å². The number of thiazole rings is 1. The average Bonchev–Trinajstić information content (AvgIpc) is 2.94.